The molecule has 0 saturated heterocycles. The van der Waals surface area contributed by atoms with Gasteiger partial charge in [-0.05, 0) is 37.3 Å². The molecule has 0 amide bonds. The second-order valence-corrected chi connectivity index (χ2v) is 3.75. The first-order valence-corrected chi connectivity index (χ1v) is 4.58. The van der Waals surface area contributed by atoms with Crippen LogP contribution in [0.4, 0.5) is 0 Å². The van der Waals surface area contributed by atoms with Crippen molar-refractivity contribution in [1.82, 2.24) is 0 Å². The van der Waals surface area contributed by atoms with Crippen molar-refractivity contribution in [2.75, 3.05) is 6.54 Å². The Balaban J connectivity index is 0.000000845. The van der Waals surface area contributed by atoms with Crippen molar-refractivity contribution in [1.29, 1.82) is 0 Å². The van der Waals surface area contributed by atoms with Gasteiger partial charge in [0.15, 0.2) is 0 Å². The Morgan fingerprint density at radius 3 is 2.77 bits per heavy atom. The molecule has 1 aliphatic rings. The van der Waals surface area contributed by atoms with Crippen molar-refractivity contribution >= 4 is 12.4 Å². The summed E-state index contributed by atoms with van der Waals surface area (Å²) in [6.07, 6.45) is 1.29. The fourth-order valence-corrected chi connectivity index (χ4v) is 1.82. The van der Waals surface area contributed by atoms with Crippen molar-refractivity contribution in [2.45, 2.75) is 19.3 Å². The van der Waals surface area contributed by atoms with E-state index < -0.39 is 0 Å². The van der Waals surface area contributed by atoms with Crippen LogP contribution < -0.4 is 5.73 Å². The van der Waals surface area contributed by atoms with Gasteiger partial charge in [0, 0.05) is 0 Å². The van der Waals surface area contributed by atoms with Gasteiger partial charge in [-0.25, -0.2) is 0 Å². The van der Waals surface area contributed by atoms with Crippen LogP contribution in [-0.2, 0) is 0 Å². The number of benzene rings is 1. The molecule has 1 aliphatic carbocycles. The van der Waals surface area contributed by atoms with Gasteiger partial charge in [-0.15, -0.1) is 12.4 Å². The predicted molar refractivity (Wildman–Crippen MR) is 58.3 cm³/mol. The molecule has 0 heterocycles. The molecule has 0 aromatic heterocycles. The summed E-state index contributed by atoms with van der Waals surface area (Å²) in [6, 6.07) is 8.77. The molecule has 1 aromatic carbocycles. The van der Waals surface area contributed by atoms with Crippen LogP contribution in [0, 0.1) is 12.8 Å². The van der Waals surface area contributed by atoms with E-state index in [0.29, 0.717) is 0 Å². The summed E-state index contributed by atoms with van der Waals surface area (Å²) < 4.78 is 0. The van der Waals surface area contributed by atoms with Gasteiger partial charge in [0.1, 0.15) is 0 Å². The van der Waals surface area contributed by atoms with Crippen molar-refractivity contribution in [3.8, 4) is 0 Å². The number of aryl methyl sites for hydroxylation is 1. The van der Waals surface area contributed by atoms with Crippen LogP contribution in [0.15, 0.2) is 24.3 Å². The van der Waals surface area contributed by atoms with E-state index in [1.54, 1.807) is 0 Å². The molecule has 1 fully saturated rings. The lowest BCUT2D eigenvalue weighted by Crippen LogP contribution is -2.01. The molecule has 13 heavy (non-hydrogen) atoms. The molecule has 2 rings (SSSR count). The van der Waals surface area contributed by atoms with E-state index in [-0.39, 0.29) is 12.4 Å². The predicted octanol–water partition coefficient (Wildman–Crippen LogP) is 2.48. The molecular weight excluding hydrogens is 182 g/mol. The zero-order valence-corrected chi connectivity index (χ0v) is 8.68. The SMILES string of the molecule is Cc1cccc([C@H]2C[C@@H]2CN)c1.Cl. The van der Waals surface area contributed by atoms with E-state index in [0.717, 1.165) is 18.4 Å². The second kappa shape index (κ2) is 4.12. The summed E-state index contributed by atoms with van der Waals surface area (Å²) in [4.78, 5) is 0. The van der Waals surface area contributed by atoms with Crippen LogP contribution in [-0.4, -0.2) is 6.54 Å². The average molecular weight is 198 g/mol. The first kappa shape index (κ1) is 10.6. The lowest BCUT2D eigenvalue weighted by Gasteiger charge is -1.99. The number of nitrogens with two attached hydrogens (primary N) is 1. The number of rotatable bonds is 2. The van der Waals surface area contributed by atoms with Gasteiger partial charge in [-0.3, -0.25) is 0 Å². The molecule has 2 atom stereocenters. The molecule has 0 spiro atoms. The summed E-state index contributed by atoms with van der Waals surface area (Å²) in [5.74, 6) is 1.52. The van der Waals surface area contributed by atoms with Gasteiger partial charge in [0.25, 0.3) is 0 Å². The molecule has 2 N–H and O–H groups in total. The molecule has 0 radical (unpaired) electrons. The lowest BCUT2D eigenvalue weighted by atomic mass is 10.1. The van der Waals surface area contributed by atoms with Gasteiger partial charge in [0.05, 0.1) is 0 Å². The highest BCUT2D eigenvalue weighted by atomic mass is 35.5. The standard InChI is InChI=1S/C11H15N.ClH/c1-8-3-2-4-9(5-8)11-6-10(11)7-12;/h2-5,10-11H,6-7,12H2,1H3;1H/t10-,11-;/m1./s1. The molecular formula is C11H16ClN. The first-order valence-electron chi connectivity index (χ1n) is 4.58. The molecule has 1 saturated carbocycles. The van der Waals surface area contributed by atoms with E-state index in [4.69, 9.17) is 5.73 Å². The number of halogens is 1. The monoisotopic (exact) mass is 197 g/mol. The molecule has 2 heteroatoms. The maximum atomic E-state index is 5.60. The molecule has 0 bridgehead atoms. The maximum Gasteiger partial charge on any atom is -0.00428 e. The Labute approximate surface area is 85.7 Å². The quantitative estimate of drug-likeness (QED) is 0.775. The lowest BCUT2D eigenvalue weighted by molar-refractivity contribution is 0.809. The number of hydrogen-bond donors (Lipinski definition) is 1. The van der Waals surface area contributed by atoms with Crippen LogP contribution in [0.1, 0.15) is 23.5 Å². The van der Waals surface area contributed by atoms with E-state index in [1.165, 1.54) is 17.5 Å². The third kappa shape index (κ3) is 2.23. The highest BCUT2D eigenvalue weighted by Crippen LogP contribution is 2.46. The second-order valence-electron chi connectivity index (χ2n) is 3.75. The molecule has 1 nitrogen and oxygen atoms in total. The van der Waals surface area contributed by atoms with Gasteiger partial charge >= 0.3 is 0 Å². The molecule has 0 unspecified atom stereocenters. The minimum absolute atomic E-state index is 0. The molecule has 1 aromatic rings. The van der Waals surface area contributed by atoms with Crippen LogP contribution in [0.25, 0.3) is 0 Å². The van der Waals surface area contributed by atoms with Crippen LogP contribution in [0.2, 0.25) is 0 Å². The van der Waals surface area contributed by atoms with Crippen molar-refractivity contribution < 1.29 is 0 Å². The Morgan fingerprint density at radius 2 is 2.23 bits per heavy atom. The Hall–Kier alpha value is -0.530. The highest BCUT2D eigenvalue weighted by molar-refractivity contribution is 5.85. The topological polar surface area (TPSA) is 26.0 Å². The highest BCUT2D eigenvalue weighted by Gasteiger charge is 2.36. The van der Waals surface area contributed by atoms with Gasteiger partial charge in [-0.1, -0.05) is 29.8 Å². The fourth-order valence-electron chi connectivity index (χ4n) is 1.82. The van der Waals surface area contributed by atoms with Crippen LogP contribution >= 0.6 is 12.4 Å². The number of hydrogen-bond acceptors (Lipinski definition) is 1. The molecule has 72 valence electrons. The van der Waals surface area contributed by atoms with E-state index in [2.05, 4.69) is 31.2 Å². The largest absolute Gasteiger partial charge is 0.330 e. The fraction of sp³-hybridized carbons (Fsp3) is 0.455. The minimum Gasteiger partial charge on any atom is -0.330 e. The summed E-state index contributed by atoms with van der Waals surface area (Å²) in [6.45, 7) is 2.99. The zero-order chi connectivity index (χ0) is 8.55. The minimum atomic E-state index is 0. The summed E-state index contributed by atoms with van der Waals surface area (Å²) in [5, 5.41) is 0. The smallest absolute Gasteiger partial charge is 0.00428 e. The van der Waals surface area contributed by atoms with Crippen molar-refractivity contribution in [3.63, 3.8) is 0 Å². The van der Waals surface area contributed by atoms with Crippen molar-refractivity contribution in [2.24, 2.45) is 11.7 Å². The summed E-state index contributed by atoms with van der Waals surface area (Å²) in [5.41, 5.74) is 8.43. The summed E-state index contributed by atoms with van der Waals surface area (Å²) in [7, 11) is 0. The normalized spacial score (nSPS) is 25.1. The van der Waals surface area contributed by atoms with Crippen molar-refractivity contribution in [3.05, 3.63) is 35.4 Å². The van der Waals surface area contributed by atoms with Crippen LogP contribution in [0.5, 0.6) is 0 Å². The third-order valence-corrected chi connectivity index (χ3v) is 2.70. The van der Waals surface area contributed by atoms with Gasteiger partial charge < -0.3 is 5.73 Å². The van der Waals surface area contributed by atoms with Gasteiger partial charge in [-0.2, -0.15) is 0 Å². The maximum absolute atomic E-state index is 5.60. The molecule has 0 aliphatic heterocycles. The zero-order valence-electron chi connectivity index (χ0n) is 7.86. The average Bonchev–Trinajstić information content (AvgIpc) is 2.83. The van der Waals surface area contributed by atoms with Gasteiger partial charge in [0.2, 0.25) is 0 Å². The first-order chi connectivity index (χ1) is 5.81. The van der Waals surface area contributed by atoms with E-state index in [1.807, 2.05) is 0 Å². The van der Waals surface area contributed by atoms with E-state index in [9.17, 15) is 0 Å². The van der Waals surface area contributed by atoms with E-state index >= 15 is 0 Å². The van der Waals surface area contributed by atoms with Crippen LogP contribution in [0.3, 0.4) is 0 Å². The Kier molecular flexibility index (Phi) is 3.34. The Morgan fingerprint density at radius 1 is 1.46 bits per heavy atom. The Bertz CT molecular complexity index is 285. The third-order valence-electron chi connectivity index (χ3n) is 2.70. The summed E-state index contributed by atoms with van der Waals surface area (Å²) >= 11 is 0.